The second kappa shape index (κ2) is 5.94. The molecule has 0 saturated carbocycles. The van der Waals surface area contributed by atoms with Gasteiger partial charge in [-0.05, 0) is 19.4 Å². The fraction of sp³-hybridized carbons (Fsp3) is 0.889. The molecule has 0 aromatic carbocycles. The van der Waals surface area contributed by atoms with Crippen molar-refractivity contribution in [2.45, 2.75) is 19.3 Å². The first-order valence-corrected chi connectivity index (χ1v) is 4.81. The van der Waals surface area contributed by atoms with Gasteiger partial charge in [-0.3, -0.25) is 4.79 Å². The normalized spacial score (nSPS) is 19.7. The van der Waals surface area contributed by atoms with E-state index in [0.717, 1.165) is 45.7 Å². The van der Waals surface area contributed by atoms with Gasteiger partial charge in [0.15, 0.2) is 0 Å². The zero-order chi connectivity index (χ0) is 9.52. The summed E-state index contributed by atoms with van der Waals surface area (Å²) in [6.45, 7) is 4.50. The van der Waals surface area contributed by atoms with Crippen molar-refractivity contribution in [3.8, 4) is 0 Å². The number of carboxylic acid groups (broad SMARTS) is 1. The molecule has 1 heterocycles. The van der Waals surface area contributed by atoms with Crippen LogP contribution in [-0.4, -0.2) is 48.8 Å². The molecule has 1 aliphatic rings. The highest BCUT2D eigenvalue weighted by Crippen LogP contribution is 2.01. The molecule has 0 radical (unpaired) electrons. The van der Waals surface area contributed by atoms with E-state index < -0.39 is 5.97 Å². The molecule has 0 amide bonds. The predicted molar refractivity (Wildman–Crippen MR) is 48.7 cm³/mol. The van der Waals surface area contributed by atoms with Crippen LogP contribution >= 0.6 is 0 Å². The number of rotatable bonds is 4. The molecular formula is C9H17NO3. The molecule has 0 aliphatic carbocycles. The van der Waals surface area contributed by atoms with Crippen LogP contribution in [0.3, 0.4) is 0 Å². The molecule has 4 nitrogen and oxygen atoms in total. The topological polar surface area (TPSA) is 49.8 Å². The average molecular weight is 187 g/mol. The molecule has 76 valence electrons. The monoisotopic (exact) mass is 187 g/mol. The molecule has 0 unspecified atom stereocenters. The molecule has 0 spiro atoms. The van der Waals surface area contributed by atoms with Crippen LogP contribution in [0.5, 0.6) is 0 Å². The number of aliphatic carboxylic acids is 1. The van der Waals surface area contributed by atoms with Crippen LogP contribution in [0.1, 0.15) is 19.3 Å². The summed E-state index contributed by atoms with van der Waals surface area (Å²) in [5.41, 5.74) is 0. The highest BCUT2D eigenvalue weighted by atomic mass is 16.5. The van der Waals surface area contributed by atoms with E-state index in [2.05, 4.69) is 4.90 Å². The van der Waals surface area contributed by atoms with Gasteiger partial charge in [0.05, 0.1) is 6.61 Å². The number of carbonyl (C=O) groups is 1. The Morgan fingerprint density at radius 3 is 3.00 bits per heavy atom. The van der Waals surface area contributed by atoms with Gasteiger partial charge in [-0.15, -0.1) is 0 Å². The van der Waals surface area contributed by atoms with Crippen molar-refractivity contribution >= 4 is 5.97 Å². The molecule has 1 fully saturated rings. The number of hydrogen-bond acceptors (Lipinski definition) is 3. The van der Waals surface area contributed by atoms with E-state index in [1.165, 1.54) is 0 Å². The van der Waals surface area contributed by atoms with Crippen molar-refractivity contribution in [2.75, 3.05) is 32.8 Å². The van der Waals surface area contributed by atoms with E-state index in [0.29, 0.717) is 0 Å². The maximum Gasteiger partial charge on any atom is 0.303 e. The van der Waals surface area contributed by atoms with Gasteiger partial charge in [0.1, 0.15) is 0 Å². The number of ether oxygens (including phenoxy) is 1. The number of hydrogen-bond donors (Lipinski definition) is 1. The summed E-state index contributed by atoms with van der Waals surface area (Å²) in [6.07, 6.45) is 2.08. The van der Waals surface area contributed by atoms with E-state index in [4.69, 9.17) is 9.84 Å². The van der Waals surface area contributed by atoms with Gasteiger partial charge in [-0.2, -0.15) is 0 Å². The van der Waals surface area contributed by atoms with Crippen LogP contribution in [-0.2, 0) is 9.53 Å². The quantitative estimate of drug-likeness (QED) is 0.699. The first-order valence-electron chi connectivity index (χ1n) is 4.81. The lowest BCUT2D eigenvalue weighted by Gasteiger charge is -2.17. The molecule has 0 aromatic rings. The van der Waals surface area contributed by atoms with E-state index >= 15 is 0 Å². The van der Waals surface area contributed by atoms with Crippen LogP contribution < -0.4 is 0 Å². The Kier molecular flexibility index (Phi) is 4.78. The smallest absolute Gasteiger partial charge is 0.303 e. The molecule has 0 aromatic heterocycles. The summed E-state index contributed by atoms with van der Waals surface area (Å²) in [7, 11) is 0. The minimum absolute atomic E-state index is 0.275. The van der Waals surface area contributed by atoms with Crippen molar-refractivity contribution in [1.29, 1.82) is 0 Å². The fourth-order valence-electron chi connectivity index (χ4n) is 1.48. The summed E-state index contributed by atoms with van der Waals surface area (Å²) in [4.78, 5) is 12.5. The Morgan fingerprint density at radius 2 is 2.23 bits per heavy atom. The minimum atomic E-state index is -0.703. The SMILES string of the molecule is O=C(O)CCCN1CCCOCC1. The number of nitrogens with zero attached hydrogens (tertiary/aromatic N) is 1. The molecule has 13 heavy (non-hydrogen) atoms. The zero-order valence-corrected chi connectivity index (χ0v) is 7.87. The third kappa shape index (κ3) is 4.85. The van der Waals surface area contributed by atoms with Crippen LogP contribution in [0.4, 0.5) is 0 Å². The Labute approximate surface area is 78.5 Å². The van der Waals surface area contributed by atoms with Gasteiger partial charge < -0.3 is 14.7 Å². The van der Waals surface area contributed by atoms with Crippen molar-refractivity contribution in [2.24, 2.45) is 0 Å². The summed E-state index contributed by atoms with van der Waals surface area (Å²) < 4.78 is 5.29. The second-order valence-electron chi connectivity index (χ2n) is 3.30. The maximum atomic E-state index is 10.3. The van der Waals surface area contributed by atoms with Crippen LogP contribution in [0.15, 0.2) is 0 Å². The average Bonchev–Trinajstić information content (AvgIpc) is 2.32. The van der Waals surface area contributed by atoms with Crippen LogP contribution in [0.25, 0.3) is 0 Å². The Hall–Kier alpha value is -0.610. The summed E-state index contributed by atoms with van der Waals surface area (Å²) in [5.74, 6) is -0.703. The molecule has 1 rings (SSSR count). The van der Waals surface area contributed by atoms with Gasteiger partial charge in [-0.1, -0.05) is 0 Å². The predicted octanol–water partition coefficient (Wildman–Crippen LogP) is 0.574. The third-order valence-corrected chi connectivity index (χ3v) is 2.18. The fourth-order valence-corrected chi connectivity index (χ4v) is 1.48. The largest absolute Gasteiger partial charge is 0.481 e. The molecule has 0 atom stereocenters. The van der Waals surface area contributed by atoms with Gasteiger partial charge in [0, 0.05) is 26.1 Å². The summed E-state index contributed by atoms with van der Waals surface area (Å²) >= 11 is 0. The molecule has 0 bridgehead atoms. The first kappa shape index (κ1) is 10.5. The standard InChI is InChI=1S/C9H17NO3/c11-9(12)3-1-4-10-5-2-7-13-8-6-10/h1-8H2,(H,11,12). The molecule has 4 heteroatoms. The van der Waals surface area contributed by atoms with Gasteiger partial charge in [-0.25, -0.2) is 0 Å². The Bertz CT molecular complexity index is 153. The minimum Gasteiger partial charge on any atom is -0.481 e. The summed E-state index contributed by atoms with van der Waals surface area (Å²) in [6, 6.07) is 0. The highest BCUT2D eigenvalue weighted by Gasteiger charge is 2.08. The van der Waals surface area contributed by atoms with E-state index in [-0.39, 0.29) is 6.42 Å². The van der Waals surface area contributed by atoms with E-state index in [1.807, 2.05) is 0 Å². The first-order chi connectivity index (χ1) is 6.29. The van der Waals surface area contributed by atoms with Gasteiger partial charge in [0.25, 0.3) is 0 Å². The Balaban J connectivity index is 2.08. The molecular weight excluding hydrogens is 170 g/mol. The highest BCUT2D eigenvalue weighted by molar-refractivity contribution is 5.66. The third-order valence-electron chi connectivity index (χ3n) is 2.18. The van der Waals surface area contributed by atoms with Crippen LogP contribution in [0.2, 0.25) is 0 Å². The van der Waals surface area contributed by atoms with Crippen molar-refractivity contribution in [3.05, 3.63) is 0 Å². The van der Waals surface area contributed by atoms with Crippen molar-refractivity contribution in [3.63, 3.8) is 0 Å². The Morgan fingerprint density at radius 1 is 1.38 bits per heavy atom. The molecule has 1 N–H and O–H groups in total. The number of carboxylic acids is 1. The van der Waals surface area contributed by atoms with Crippen molar-refractivity contribution < 1.29 is 14.6 Å². The second-order valence-corrected chi connectivity index (χ2v) is 3.30. The van der Waals surface area contributed by atoms with Crippen LogP contribution in [0, 0.1) is 0 Å². The maximum absolute atomic E-state index is 10.3. The van der Waals surface area contributed by atoms with Gasteiger partial charge >= 0.3 is 5.97 Å². The van der Waals surface area contributed by atoms with E-state index in [9.17, 15) is 4.79 Å². The van der Waals surface area contributed by atoms with Crippen molar-refractivity contribution in [1.82, 2.24) is 4.90 Å². The zero-order valence-electron chi connectivity index (χ0n) is 7.87. The molecule has 1 aliphatic heterocycles. The lowest BCUT2D eigenvalue weighted by atomic mass is 10.3. The van der Waals surface area contributed by atoms with E-state index in [1.54, 1.807) is 0 Å². The lowest BCUT2D eigenvalue weighted by molar-refractivity contribution is -0.137. The lowest BCUT2D eigenvalue weighted by Crippen LogP contribution is -2.27. The summed E-state index contributed by atoms with van der Waals surface area (Å²) in [5, 5.41) is 8.46. The van der Waals surface area contributed by atoms with Gasteiger partial charge in [0.2, 0.25) is 0 Å². The molecule has 1 saturated heterocycles.